The Morgan fingerprint density at radius 3 is 2.90 bits per heavy atom. The van der Waals surface area contributed by atoms with E-state index in [2.05, 4.69) is 11.4 Å². The fourth-order valence-corrected chi connectivity index (χ4v) is 2.83. The number of benzene rings is 1. The van der Waals surface area contributed by atoms with Crippen molar-refractivity contribution in [3.8, 4) is 0 Å². The molecule has 0 saturated carbocycles. The molecular weight excluding hydrogens is 367 g/mol. The number of para-hydroxylation sites is 1. The molecule has 0 fully saturated rings. The first-order valence-electron chi connectivity index (χ1n) is 6.55. The Labute approximate surface area is 132 Å². The van der Waals surface area contributed by atoms with E-state index in [1.807, 2.05) is 45.7 Å². The van der Waals surface area contributed by atoms with E-state index >= 15 is 0 Å². The predicted molar refractivity (Wildman–Crippen MR) is 88.0 cm³/mol. The van der Waals surface area contributed by atoms with E-state index in [1.54, 1.807) is 10.2 Å². The monoisotopic (exact) mass is 384 g/mol. The van der Waals surface area contributed by atoms with Gasteiger partial charge in [0, 0.05) is 37.7 Å². The smallest absolute Gasteiger partial charge is 0.251 e. The van der Waals surface area contributed by atoms with Crippen LogP contribution in [0, 0.1) is 0 Å². The first kappa shape index (κ1) is 15.0. The lowest BCUT2D eigenvalue weighted by Gasteiger charge is -2.15. The summed E-state index contributed by atoms with van der Waals surface area (Å²) in [5, 5.41) is 2.81. The maximum Gasteiger partial charge on any atom is 0.251 e. The molecule has 106 valence electrons. The van der Waals surface area contributed by atoms with Crippen LogP contribution in [0.25, 0.3) is 0 Å². The number of nitrogens with zero attached hydrogens (tertiary/aromatic N) is 1. The van der Waals surface area contributed by atoms with Crippen LogP contribution in [0.2, 0.25) is 0 Å². The molecule has 1 unspecified atom stereocenters. The minimum Gasteiger partial charge on any atom is -0.356 e. The fraction of sp³-hybridized carbons (Fsp3) is 0.333. The van der Waals surface area contributed by atoms with Crippen LogP contribution in [0.1, 0.15) is 24.8 Å². The molecule has 1 heterocycles. The topological polar surface area (TPSA) is 49.4 Å². The van der Waals surface area contributed by atoms with Gasteiger partial charge in [0.05, 0.1) is 0 Å². The molecule has 0 aliphatic carbocycles. The average molecular weight is 384 g/mol. The highest BCUT2D eigenvalue weighted by atomic mass is 127. The summed E-state index contributed by atoms with van der Waals surface area (Å²) < 4.78 is 1.73. The Hall–Kier alpha value is -1.37. The second-order valence-electron chi connectivity index (χ2n) is 4.77. The van der Waals surface area contributed by atoms with Gasteiger partial charge in [0.25, 0.3) is 5.91 Å². The molecule has 0 bridgehead atoms. The van der Waals surface area contributed by atoms with Crippen molar-refractivity contribution in [2.75, 3.05) is 18.0 Å². The van der Waals surface area contributed by atoms with Crippen molar-refractivity contribution in [2.45, 2.75) is 19.3 Å². The number of hydrogen-bond acceptors (Lipinski definition) is 2. The summed E-state index contributed by atoms with van der Waals surface area (Å²) >= 11 is 2.05. The largest absolute Gasteiger partial charge is 0.356 e. The lowest BCUT2D eigenvalue weighted by atomic mass is 9.98. The van der Waals surface area contributed by atoms with E-state index in [-0.39, 0.29) is 17.7 Å². The Kier molecular flexibility index (Phi) is 5.17. The van der Waals surface area contributed by atoms with Gasteiger partial charge < -0.3 is 10.2 Å². The molecule has 2 amide bonds. The molecule has 4 nitrogen and oxygen atoms in total. The zero-order chi connectivity index (χ0) is 14.5. The molecule has 0 saturated heterocycles. The van der Waals surface area contributed by atoms with E-state index < -0.39 is 0 Å². The number of halogens is 1. The van der Waals surface area contributed by atoms with Crippen LogP contribution in [0.15, 0.2) is 34.4 Å². The molecule has 1 aliphatic heterocycles. The van der Waals surface area contributed by atoms with Crippen LogP contribution in [0.4, 0.5) is 5.69 Å². The molecule has 1 aromatic carbocycles. The summed E-state index contributed by atoms with van der Waals surface area (Å²) in [6.45, 7) is 2.83. The van der Waals surface area contributed by atoms with E-state index in [0.29, 0.717) is 13.1 Å². The highest BCUT2D eigenvalue weighted by Gasteiger charge is 2.30. The van der Waals surface area contributed by atoms with Crippen molar-refractivity contribution >= 4 is 40.1 Å². The van der Waals surface area contributed by atoms with Gasteiger partial charge in [-0.1, -0.05) is 40.8 Å². The maximum absolute atomic E-state index is 12.1. The van der Waals surface area contributed by atoms with Crippen LogP contribution in [-0.2, 0) is 9.59 Å². The highest BCUT2D eigenvalue weighted by molar-refractivity contribution is 14.1. The molecule has 0 spiro atoms. The number of hydrogen-bond donors (Lipinski definition) is 1. The second-order valence-corrected chi connectivity index (χ2v) is 5.49. The Bertz CT molecular complexity index is 542. The van der Waals surface area contributed by atoms with Gasteiger partial charge in [-0.2, -0.15) is 0 Å². The van der Waals surface area contributed by atoms with E-state index in [1.165, 1.54) is 12.5 Å². The van der Waals surface area contributed by atoms with Crippen LogP contribution >= 0.6 is 22.6 Å². The first-order chi connectivity index (χ1) is 9.63. The lowest BCUT2D eigenvalue weighted by Crippen LogP contribution is -2.29. The Balaban J connectivity index is 2.13. The zero-order valence-electron chi connectivity index (χ0n) is 11.3. The normalized spacial score (nSPS) is 17.3. The van der Waals surface area contributed by atoms with Crippen molar-refractivity contribution in [1.29, 1.82) is 0 Å². The van der Waals surface area contributed by atoms with Crippen molar-refractivity contribution in [3.05, 3.63) is 40.0 Å². The van der Waals surface area contributed by atoms with Gasteiger partial charge in [-0.25, -0.2) is 0 Å². The van der Waals surface area contributed by atoms with Gasteiger partial charge in [0.2, 0.25) is 5.91 Å². The van der Waals surface area contributed by atoms with Crippen molar-refractivity contribution in [1.82, 2.24) is 5.32 Å². The van der Waals surface area contributed by atoms with Gasteiger partial charge in [0.15, 0.2) is 0 Å². The lowest BCUT2D eigenvalue weighted by molar-refractivity contribution is -0.119. The molecule has 1 aliphatic rings. The summed E-state index contributed by atoms with van der Waals surface area (Å²) in [6.07, 6.45) is 2.42. The van der Waals surface area contributed by atoms with Gasteiger partial charge >= 0.3 is 0 Å². The number of rotatable bonds is 4. The quantitative estimate of drug-likeness (QED) is 0.641. The van der Waals surface area contributed by atoms with E-state index in [4.69, 9.17) is 0 Å². The average Bonchev–Trinajstić information content (AvgIpc) is 2.78. The van der Waals surface area contributed by atoms with Gasteiger partial charge in [-0.15, -0.1) is 0 Å². The molecule has 2 rings (SSSR count). The van der Waals surface area contributed by atoms with Crippen LogP contribution in [0.5, 0.6) is 0 Å². The third-order valence-electron chi connectivity index (χ3n) is 3.41. The molecule has 0 radical (unpaired) electrons. The summed E-state index contributed by atoms with van der Waals surface area (Å²) in [4.78, 5) is 24.8. The minimum atomic E-state index is -0.0166. The standard InChI is InChI=1S/C15H17IN2O2/c1-11(19)17-9-7-12-10-18(15(20)6-8-16)14-5-3-2-4-13(12)14/h2-6,8,12H,7,9-10H2,1H3,(H,17,19)/b8-6+. The van der Waals surface area contributed by atoms with Crippen LogP contribution in [0.3, 0.4) is 0 Å². The number of anilines is 1. The molecule has 5 heteroatoms. The third-order valence-corrected chi connectivity index (χ3v) is 3.77. The number of amides is 2. The van der Waals surface area contributed by atoms with Crippen LogP contribution < -0.4 is 10.2 Å². The fourth-order valence-electron chi connectivity index (χ4n) is 2.52. The van der Waals surface area contributed by atoms with Gasteiger partial charge in [-0.05, 0) is 22.1 Å². The first-order valence-corrected chi connectivity index (χ1v) is 7.79. The minimum absolute atomic E-state index is 0.00822. The molecule has 1 atom stereocenters. The summed E-state index contributed by atoms with van der Waals surface area (Å²) in [6, 6.07) is 7.98. The number of carbonyl (C=O) groups is 2. The second kappa shape index (κ2) is 6.88. The van der Waals surface area contributed by atoms with Gasteiger partial charge in [0.1, 0.15) is 0 Å². The number of fused-ring (bicyclic) bond motifs is 1. The van der Waals surface area contributed by atoms with Gasteiger partial charge in [-0.3, -0.25) is 9.59 Å². The highest BCUT2D eigenvalue weighted by Crippen LogP contribution is 2.37. The molecule has 1 aromatic rings. The maximum atomic E-state index is 12.1. The molecule has 20 heavy (non-hydrogen) atoms. The third kappa shape index (κ3) is 3.39. The molecule has 0 aromatic heterocycles. The number of carbonyl (C=O) groups excluding carboxylic acids is 2. The van der Waals surface area contributed by atoms with Crippen LogP contribution in [-0.4, -0.2) is 24.9 Å². The molecular formula is C15H17IN2O2. The van der Waals surface area contributed by atoms with Crippen molar-refractivity contribution < 1.29 is 9.59 Å². The Morgan fingerprint density at radius 2 is 2.20 bits per heavy atom. The van der Waals surface area contributed by atoms with Crippen molar-refractivity contribution in [2.24, 2.45) is 0 Å². The molecule has 1 N–H and O–H groups in total. The van der Waals surface area contributed by atoms with Crippen molar-refractivity contribution in [3.63, 3.8) is 0 Å². The van der Waals surface area contributed by atoms with E-state index in [0.717, 1.165) is 12.1 Å². The summed E-state index contributed by atoms with van der Waals surface area (Å²) in [7, 11) is 0. The number of nitrogens with one attached hydrogen (secondary N) is 1. The SMILES string of the molecule is CC(=O)NCCC1CN(C(=O)/C=C/I)c2ccccc21. The summed E-state index contributed by atoms with van der Waals surface area (Å²) in [5.41, 5.74) is 2.17. The predicted octanol–water partition coefficient (Wildman–Crippen LogP) is 2.59. The van der Waals surface area contributed by atoms with E-state index in [9.17, 15) is 9.59 Å². The Morgan fingerprint density at radius 1 is 1.45 bits per heavy atom. The summed E-state index contributed by atoms with van der Waals surface area (Å²) in [5.74, 6) is 0.274. The zero-order valence-corrected chi connectivity index (χ0v) is 13.5.